The van der Waals surface area contributed by atoms with Crippen molar-refractivity contribution in [2.75, 3.05) is 11.5 Å². The number of hydrogen-bond donors (Lipinski definition) is 6. The van der Waals surface area contributed by atoms with Crippen molar-refractivity contribution in [3.8, 4) is 5.75 Å². The highest BCUT2D eigenvalue weighted by Crippen LogP contribution is 2.48. The fourth-order valence-electron chi connectivity index (χ4n) is 3.79. The number of aromatic hydroxyl groups is 1. The zero-order chi connectivity index (χ0) is 32.8. The maximum Gasteiger partial charge on any atom is 0.296 e. The normalized spacial score (nSPS) is 12.8. The number of nitro benzene ring substituents is 1. The zero-order valence-corrected chi connectivity index (χ0v) is 23.8. The largest absolute Gasteiger partial charge is 0.505 e. The average molecular weight is 668 g/mol. The van der Waals surface area contributed by atoms with Gasteiger partial charge in [-0.15, -0.1) is 15.3 Å². The first kappa shape index (κ1) is 31.8. The number of phenols is 1. The van der Waals surface area contributed by atoms with Gasteiger partial charge in [0, 0.05) is 17.8 Å². The highest BCUT2D eigenvalue weighted by molar-refractivity contribution is 7.86. The molecule has 4 aromatic carbocycles. The summed E-state index contributed by atoms with van der Waals surface area (Å²) in [6, 6.07) is 8.58. The summed E-state index contributed by atoms with van der Waals surface area (Å²) < 4.78 is 101. The van der Waals surface area contributed by atoms with Gasteiger partial charge in [0.15, 0.2) is 5.75 Å². The van der Waals surface area contributed by atoms with Gasteiger partial charge >= 0.3 is 0 Å². The van der Waals surface area contributed by atoms with Gasteiger partial charge in [-0.25, -0.2) is 0 Å². The van der Waals surface area contributed by atoms with Crippen LogP contribution in [0.1, 0.15) is 0 Å². The van der Waals surface area contributed by atoms with E-state index in [0.29, 0.717) is 12.1 Å². The molecule has 0 bridgehead atoms. The quantitative estimate of drug-likeness (QED) is 0.0504. The molecule has 0 amide bonds. The minimum Gasteiger partial charge on any atom is -0.505 e. The first-order chi connectivity index (χ1) is 20.3. The van der Waals surface area contributed by atoms with E-state index in [1.165, 1.54) is 0 Å². The van der Waals surface area contributed by atoms with Gasteiger partial charge in [0.1, 0.15) is 31.7 Å². The lowest BCUT2D eigenvalue weighted by molar-refractivity contribution is -0.384. The minimum atomic E-state index is -5.27. The number of phenolic OH excluding ortho intramolecular Hbond substituents is 1. The number of fused-ring (bicyclic) bond motifs is 1. The van der Waals surface area contributed by atoms with Crippen molar-refractivity contribution in [2.45, 2.75) is 14.7 Å². The Bertz CT molecular complexity index is 2250. The molecule has 4 rings (SSSR count). The molecule has 8 N–H and O–H groups in total. The second-order valence-corrected chi connectivity index (χ2v) is 12.8. The number of nitrogens with zero attached hydrogens (tertiary/aromatic N) is 5. The second-order valence-electron chi connectivity index (χ2n) is 8.63. The van der Waals surface area contributed by atoms with Crippen LogP contribution < -0.4 is 11.5 Å². The Morgan fingerprint density at radius 2 is 1.20 bits per heavy atom. The number of anilines is 2. The number of hydrogen-bond acceptors (Lipinski definition) is 15. The van der Waals surface area contributed by atoms with Crippen LogP contribution in [0.3, 0.4) is 0 Å². The summed E-state index contributed by atoms with van der Waals surface area (Å²) in [6.07, 6.45) is 0. The Morgan fingerprint density at radius 3 is 1.73 bits per heavy atom. The zero-order valence-electron chi connectivity index (χ0n) is 21.4. The van der Waals surface area contributed by atoms with Crippen LogP contribution in [0.4, 0.5) is 39.8 Å². The van der Waals surface area contributed by atoms with Gasteiger partial charge in [-0.1, -0.05) is 0 Å². The van der Waals surface area contributed by atoms with Gasteiger partial charge in [0.25, 0.3) is 36.0 Å². The molecule has 0 atom stereocenters. The van der Waals surface area contributed by atoms with Crippen LogP contribution in [-0.4, -0.2) is 48.9 Å². The third kappa shape index (κ3) is 6.43. The molecular formula is C22H17N7O12S3. The van der Waals surface area contributed by atoms with Crippen molar-refractivity contribution in [3.05, 3.63) is 64.7 Å². The number of rotatable bonds is 8. The standard InChI is InChI=1S/C22H17N7O12S3/c23-11-1-6-15(42(33,34)35)14(9-11)26-28-21-17(44(39,40)41)8-10-7-16(43(36,37)38)20(19(24)18(10)22(21)30)27-25-12-2-4-13(5-3-12)29(31)32/h1-9,30H,23-24H2,(H,33,34,35)(H,36,37,38)(H,39,40,41). The molecule has 0 heterocycles. The summed E-state index contributed by atoms with van der Waals surface area (Å²) >= 11 is 0. The van der Waals surface area contributed by atoms with E-state index in [1.54, 1.807) is 0 Å². The Hall–Kier alpha value is -5.13. The maximum absolute atomic E-state index is 12.2. The predicted octanol–water partition coefficient (Wildman–Crippen LogP) is 4.19. The van der Waals surface area contributed by atoms with Crippen molar-refractivity contribution < 1.29 is 48.9 Å². The molecule has 19 nitrogen and oxygen atoms in total. The van der Waals surface area contributed by atoms with Crippen molar-refractivity contribution in [1.82, 2.24) is 0 Å². The average Bonchev–Trinajstić information content (AvgIpc) is 2.90. The summed E-state index contributed by atoms with van der Waals surface area (Å²) in [6.45, 7) is 0. The minimum absolute atomic E-state index is 0.0337. The van der Waals surface area contributed by atoms with Crippen molar-refractivity contribution >= 4 is 80.9 Å². The first-order valence-electron chi connectivity index (χ1n) is 11.3. The highest BCUT2D eigenvalue weighted by atomic mass is 32.2. The maximum atomic E-state index is 12.2. The number of non-ortho nitro benzene ring substituents is 1. The lowest BCUT2D eigenvalue weighted by Gasteiger charge is -2.14. The van der Waals surface area contributed by atoms with E-state index < -0.39 is 89.2 Å². The number of nitrogen functional groups attached to an aromatic ring is 2. The number of benzene rings is 4. The van der Waals surface area contributed by atoms with E-state index >= 15 is 0 Å². The van der Waals surface area contributed by atoms with Gasteiger partial charge < -0.3 is 16.6 Å². The molecule has 230 valence electrons. The lowest BCUT2D eigenvalue weighted by atomic mass is 10.1. The SMILES string of the molecule is Nc1ccc(S(=O)(=O)O)c(N=Nc2c(S(=O)(=O)O)cc3cc(S(=O)(=O)O)c(N=Nc4ccc([N+](=O)[O-])cc4)c(N)c3c2O)c1. The Kier molecular flexibility index (Phi) is 8.08. The summed E-state index contributed by atoms with van der Waals surface area (Å²) in [5.41, 5.74) is 8.22. The van der Waals surface area contributed by atoms with Crippen molar-refractivity contribution in [2.24, 2.45) is 20.5 Å². The van der Waals surface area contributed by atoms with Gasteiger partial charge in [-0.3, -0.25) is 23.8 Å². The van der Waals surface area contributed by atoms with E-state index in [-0.39, 0.29) is 17.1 Å². The fraction of sp³-hybridized carbons (Fsp3) is 0. The van der Waals surface area contributed by atoms with E-state index in [9.17, 15) is 54.1 Å². The highest BCUT2D eigenvalue weighted by Gasteiger charge is 2.28. The number of nitrogens with two attached hydrogens (primary N) is 2. The molecule has 0 radical (unpaired) electrons. The molecule has 0 aromatic heterocycles. The summed E-state index contributed by atoms with van der Waals surface area (Å²) in [4.78, 5) is 7.20. The van der Waals surface area contributed by atoms with Gasteiger partial charge in [-0.2, -0.15) is 30.4 Å². The fourth-order valence-corrected chi connectivity index (χ4v) is 5.72. The first-order valence-corrected chi connectivity index (χ1v) is 15.6. The molecule has 22 heteroatoms. The second kappa shape index (κ2) is 11.2. The monoisotopic (exact) mass is 667 g/mol. The van der Waals surface area contributed by atoms with Crippen LogP contribution in [0.25, 0.3) is 10.8 Å². The van der Waals surface area contributed by atoms with E-state index in [2.05, 4.69) is 20.5 Å². The van der Waals surface area contributed by atoms with Crippen molar-refractivity contribution in [1.29, 1.82) is 0 Å². The third-order valence-electron chi connectivity index (χ3n) is 5.71. The van der Waals surface area contributed by atoms with E-state index in [0.717, 1.165) is 42.5 Å². The molecule has 0 aliphatic rings. The summed E-state index contributed by atoms with van der Waals surface area (Å²) in [5.74, 6) is -1.14. The van der Waals surface area contributed by atoms with E-state index in [1.807, 2.05) is 0 Å². The molecule has 44 heavy (non-hydrogen) atoms. The van der Waals surface area contributed by atoms with Crippen LogP contribution in [-0.2, 0) is 30.4 Å². The van der Waals surface area contributed by atoms with Crippen LogP contribution >= 0.6 is 0 Å². The molecule has 4 aromatic rings. The molecule has 0 saturated carbocycles. The Morgan fingerprint density at radius 1 is 0.682 bits per heavy atom. The van der Waals surface area contributed by atoms with Crippen LogP contribution in [0.2, 0.25) is 0 Å². The molecule has 0 aliphatic heterocycles. The van der Waals surface area contributed by atoms with Crippen molar-refractivity contribution in [3.63, 3.8) is 0 Å². The summed E-state index contributed by atoms with van der Waals surface area (Å²) in [7, 11) is -15.3. The molecular weight excluding hydrogens is 650 g/mol. The summed E-state index contributed by atoms with van der Waals surface area (Å²) in [5, 5.41) is 35.5. The molecule has 0 fully saturated rings. The molecule has 0 unspecified atom stereocenters. The van der Waals surface area contributed by atoms with Crippen LogP contribution in [0, 0.1) is 10.1 Å². The lowest BCUT2D eigenvalue weighted by Crippen LogP contribution is -2.04. The third-order valence-corrected chi connectivity index (χ3v) is 8.35. The number of azo groups is 2. The Balaban J connectivity index is 2.02. The van der Waals surface area contributed by atoms with Crippen LogP contribution in [0.5, 0.6) is 5.75 Å². The van der Waals surface area contributed by atoms with Crippen LogP contribution in [0.15, 0.2) is 89.7 Å². The smallest absolute Gasteiger partial charge is 0.296 e. The predicted molar refractivity (Wildman–Crippen MR) is 152 cm³/mol. The number of nitro groups is 1. The molecule has 0 spiro atoms. The Labute approximate surface area is 246 Å². The molecule has 0 saturated heterocycles. The van der Waals surface area contributed by atoms with E-state index in [4.69, 9.17) is 11.5 Å². The van der Waals surface area contributed by atoms with Gasteiger partial charge in [-0.05, 0) is 47.9 Å². The molecule has 0 aliphatic carbocycles. The topological polar surface area (TPSA) is 328 Å². The van der Waals surface area contributed by atoms with Gasteiger partial charge in [0.05, 0.1) is 21.7 Å². The van der Waals surface area contributed by atoms with Gasteiger partial charge in [0.2, 0.25) is 0 Å².